The van der Waals surface area contributed by atoms with E-state index >= 15 is 0 Å². The second-order valence-corrected chi connectivity index (χ2v) is 6.60. The summed E-state index contributed by atoms with van der Waals surface area (Å²) in [6, 6.07) is 11.3. The van der Waals surface area contributed by atoms with Crippen molar-refractivity contribution < 1.29 is 9.72 Å². The topological polar surface area (TPSA) is 116 Å². The minimum Gasteiger partial charge on any atom is -0.322 e. The first-order chi connectivity index (χ1) is 13.5. The number of rotatable bonds is 6. The third-order valence-corrected chi connectivity index (χ3v) is 4.52. The molecule has 2 aromatic carbocycles. The number of carbonyl (C=O) groups excluding carboxylic acids is 1. The number of hydrogen-bond donors (Lipinski definition) is 1. The lowest BCUT2D eigenvalue weighted by Gasteiger charge is -2.06. The number of hydrogen-bond acceptors (Lipinski definition) is 7. The van der Waals surface area contributed by atoms with Gasteiger partial charge >= 0.3 is 0 Å². The molecule has 0 radical (unpaired) electrons. The molecule has 3 rings (SSSR count). The number of amides is 1. The molecule has 0 bridgehead atoms. The summed E-state index contributed by atoms with van der Waals surface area (Å²) in [5.41, 5.74) is 1.52. The first-order valence-corrected chi connectivity index (χ1v) is 9.44. The van der Waals surface area contributed by atoms with Gasteiger partial charge in [0.2, 0.25) is 11.1 Å². The van der Waals surface area contributed by atoms with Crippen LogP contribution < -0.4 is 5.32 Å². The lowest BCUT2D eigenvalue weighted by molar-refractivity contribution is -0.384. The Kier molecular flexibility index (Phi) is 6.02. The van der Waals surface area contributed by atoms with E-state index in [1.807, 2.05) is 12.3 Å². The number of nitro benzene ring substituents is 1. The largest absolute Gasteiger partial charge is 0.322 e. The fraction of sp³-hybridized carbons (Fsp3) is 0.0588. The van der Waals surface area contributed by atoms with Crippen molar-refractivity contribution in [1.82, 2.24) is 20.2 Å². The predicted octanol–water partition coefficient (Wildman–Crippen LogP) is 3.60. The van der Waals surface area contributed by atoms with Crippen LogP contribution in [0.15, 0.2) is 53.7 Å². The van der Waals surface area contributed by atoms with Gasteiger partial charge in [-0.1, -0.05) is 35.5 Å². The summed E-state index contributed by atoms with van der Waals surface area (Å²) in [6.45, 7) is 0. The van der Waals surface area contributed by atoms with E-state index in [4.69, 9.17) is 11.6 Å². The molecular weight excluding hydrogens is 404 g/mol. The predicted molar refractivity (Wildman–Crippen MR) is 107 cm³/mol. The molecule has 0 aliphatic heterocycles. The molecule has 1 aromatic heterocycles. The number of tetrazole rings is 1. The van der Waals surface area contributed by atoms with Crippen LogP contribution in [0.2, 0.25) is 5.02 Å². The molecule has 28 heavy (non-hydrogen) atoms. The molecule has 0 aliphatic rings. The molecular formula is C17H13ClN6O3S. The van der Waals surface area contributed by atoms with E-state index in [0.717, 1.165) is 0 Å². The minimum atomic E-state index is -0.576. The average molecular weight is 417 g/mol. The Morgan fingerprint density at radius 2 is 2.14 bits per heavy atom. The second-order valence-electron chi connectivity index (χ2n) is 5.42. The van der Waals surface area contributed by atoms with Crippen LogP contribution in [0.1, 0.15) is 5.56 Å². The van der Waals surface area contributed by atoms with Crippen molar-refractivity contribution in [2.75, 3.05) is 11.6 Å². The lowest BCUT2D eigenvalue weighted by atomic mass is 10.2. The van der Waals surface area contributed by atoms with E-state index in [1.165, 1.54) is 36.0 Å². The average Bonchev–Trinajstić information content (AvgIpc) is 3.16. The van der Waals surface area contributed by atoms with Crippen LogP contribution in [0.5, 0.6) is 0 Å². The number of benzene rings is 2. The molecule has 3 aromatic rings. The molecule has 1 amide bonds. The molecule has 1 N–H and O–H groups in total. The zero-order chi connectivity index (χ0) is 20.1. The SMILES string of the molecule is CSc1nnnn1-c1cccc(NC(=O)/C=C/c2ccc(Cl)c([N+](=O)[O-])c2)c1. The van der Waals surface area contributed by atoms with Gasteiger partial charge in [-0.05, 0) is 52.6 Å². The molecule has 0 atom stereocenters. The highest BCUT2D eigenvalue weighted by Gasteiger charge is 2.12. The summed E-state index contributed by atoms with van der Waals surface area (Å²) in [6.07, 6.45) is 4.61. The van der Waals surface area contributed by atoms with Crippen molar-refractivity contribution in [3.05, 3.63) is 69.2 Å². The Morgan fingerprint density at radius 3 is 2.89 bits per heavy atom. The molecule has 142 valence electrons. The van der Waals surface area contributed by atoms with Gasteiger partial charge in [0.1, 0.15) is 5.02 Å². The van der Waals surface area contributed by atoms with E-state index < -0.39 is 10.8 Å². The zero-order valence-electron chi connectivity index (χ0n) is 14.4. The Hall–Kier alpha value is -3.24. The number of nitro groups is 1. The second kappa shape index (κ2) is 8.63. The summed E-state index contributed by atoms with van der Waals surface area (Å²) in [5.74, 6) is -0.392. The van der Waals surface area contributed by atoms with Gasteiger partial charge in [0.25, 0.3) is 5.69 Å². The van der Waals surface area contributed by atoms with E-state index in [0.29, 0.717) is 22.1 Å². The first-order valence-electron chi connectivity index (χ1n) is 7.84. The molecule has 0 spiro atoms. The summed E-state index contributed by atoms with van der Waals surface area (Å²) in [4.78, 5) is 22.5. The van der Waals surface area contributed by atoms with Gasteiger partial charge in [0.15, 0.2) is 0 Å². The molecule has 0 unspecified atom stereocenters. The Balaban J connectivity index is 1.73. The third kappa shape index (κ3) is 4.53. The van der Waals surface area contributed by atoms with Crippen LogP contribution in [-0.4, -0.2) is 37.3 Å². The highest BCUT2D eigenvalue weighted by atomic mass is 35.5. The summed E-state index contributed by atoms with van der Waals surface area (Å²) >= 11 is 7.17. The fourth-order valence-electron chi connectivity index (χ4n) is 2.31. The van der Waals surface area contributed by atoms with Gasteiger partial charge < -0.3 is 5.32 Å². The maximum atomic E-state index is 12.2. The highest BCUT2D eigenvalue weighted by molar-refractivity contribution is 7.98. The number of aromatic nitrogens is 4. The molecule has 0 saturated carbocycles. The van der Waals surface area contributed by atoms with E-state index in [1.54, 1.807) is 28.9 Å². The van der Waals surface area contributed by atoms with E-state index in [2.05, 4.69) is 20.8 Å². The number of anilines is 1. The lowest BCUT2D eigenvalue weighted by Crippen LogP contribution is -2.08. The molecule has 11 heteroatoms. The van der Waals surface area contributed by atoms with Gasteiger partial charge in [-0.25, -0.2) is 0 Å². The Labute approximate surface area is 168 Å². The molecule has 0 fully saturated rings. The van der Waals surface area contributed by atoms with Crippen LogP contribution in [0.25, 0.3) is 11.8 Å². The van der Waals surface area contributed by atoms with Crippen LogP contribution in [0, 0.1) is 10.1 Å². The van der Waals surface area contributed by atoms with Crippen molar-refractivity contribution in [2.45, 2.75) is 5.16 Å². The van der Waals surface area contributed by atoms with Crippen LogP contribution in [-0.2, 0) is 4.79 Å². The van der Waals surface area contributed by atoms with E-state index in [-0.39, 0.29) is 10.7 Å². The van der Waals surface area contributed by atoms with Crippen LogP contribution in [0.4, 0.5) is 11.4 Å². The molecule has 1 heterocycles. The van der Waals surface area contributed by atoms with Crippen molar-refractivity contribution in [3.63, 3.8) is 0 Å². The summed E-state index contributed by atoms with van der Waals surface area (Å²) < 4.78 is 1.56. The number of thioether (sulfide) groups is 1. The Morgan fingerprint density at radius 1 is 1.32 bits per heavy atom. The highest BCUT2D eigenvalue weighted by Crippen LogP contribution is 2.25. The molecule has 0 saturated heterocycles. The fourth-order valence-corrected chi connectivity index (χ4v) is 2.93. The summed E-state index contributed by atoms with van der Waals surface area (Å²) in [5, 5.41) is 25.8. The van der Waals surface area contributed by atoms with E-state index in [9.17, 15) is 14.9 Å². The van der Waals surface area contributed by atoms with Gasteiger partial charge in [0.05, 0.1) is 10.6 Å². The quantitative estimate of drug-likeness (QED) is 0.282. The minimum absolute atomic E-state index is 0.0376. The normalized spacial score (nSPS) is 10.9. The van der Waals surface area contributed by atoms with Crippen molar-refractivity contribution in [1.29, 1.82) is 0 Å². The van der Waals surface area contributed by atoms with Gasteiger partial charge in [-0.2, -0.15) is 4.68 Å². The zero-order valence-corrected chi connectivity index (χ0v) is 16.0. The standard InChI is InChI=1S/C17H13ClN6O3S/c1-28-17-20-21-22-23(17)13-4-2-3-12(10-13)19-16(25)8-6-11-5-7-14(18)15(9-11)24(26)27/h2-10H,1H3,(H,19,25)/b8-6+. The smallest absolute Gasteiger partial charge is 0.288 e. The maximum absolute atomic E-state index is 12.2. The number of carbonyl (C=O) groups is 1. The van der Waals surface area contributed by atoms with Crippen molar-refractivity contribution >= 4 is 46.7 Å². The van der Waals surface area contributed by atoms with Crippen LogP contribution >= 0.6 is 23.4 Å². The summed E-state index contributed by atoms with van der Waals surface area (Å²) in [7, 11) is 0. The third-order valence-electron chi connectivity index (χ3n) is 3.58. The maximum Gasteiger partial charge on any atom is 0.288 e. The van der Waals surface area contributed by atoms with Gasteiger partial charge in [0, 0.05) is 17.8 Å². The van der Waals surface area contributed by atoms with Gasteiger partial charge in [-0.15, -0.1) is 5.10 Å². The molecule has 9 nitrogen and oxygen atoms in total. The number of halogens is 1. The van der Waals surface area contributed by atoms with Crippen LogP contribution in [0.3, 0.4) is 0 Å². The molecule has 0 aliphatic carbocycles. The number of nitrogens with one attached hydrogen (secondary N) is 1. The van der Waals surface area contributed by atoms with Crippen molar-refractivity contribution in [2.24, 2.45) is 0 Å². The van der Waals surface area contributed by atoms with Crippen molar-refractivity contribution in [3.8, 4) is 5.69 Å². The monoisotopic (exact) mass is 416 g/mol. The first kappa shape index (κ1) is 19.5. The number of nitrogens with zero attached hydrogens (tertiary/aromatic N) is 5. The van der Waals surface area contributed by atoms with Gasteiger partial charge in [-0.3, -0.25) is 14.9 Å². The Bertz CT molecular complexity index is 1070.